The lowest BCUT2D eigenvalue weighted by atomic mass is 9.52. The van der Waals surface area contributed by atoms with Crippen LogP contribution in [0.1, 0.15) is 42.5 Å². The zero-order chi connectivity index (χ0) is 22.7. The van der Waals surface area contributed by atoms with E-state index in [0.29, 0.717) is 30.0 Å². The zero-order valence-corrected chi connectivity index (χ0v) is 20.4. The van der Waals surface area contributed by atoms with E-state index < -0.39 is 19.6 Å². The van der Waals surface area contributed by atoms with Gasteiger partial charge in [-0.1, -0.05) is 19.6 Å². The lowest BCUT2D eigenvalue weighted by molar-refractivity contribution is -0.129. The number of anilines is 1. The van der Waals surface area contributed by atoms with Crippen LogP contribution in [0.3, 0.4) is 0 Å². The van der Waals surface area contributed by atoms with E-state index in [0.717, 1.165) is 61.5 Å². The summed E-state index contributed by atoms with van der Waals surface area (Å²) in [6.07, 6.45) is 8.54. The molecule has 6 rings (SSSR count). The summed E-state index contributed by atoms with van der Waals surface area (Å²) in [5, 5.41) is 15.6. The van der Waals surface area contributed by atoms with Crippen LogP contribution in [0.2, 0.25) is 25.7 Å². The molecule has 0 aliphatic heterocycles. The van der Waals surface area contributed by atoms with Crippen LogP contribution in [0.5, 0.6) is 0 Å². The Morgan fingerprint density at radius 3 is 2.66 bits per heavy atom. The highest BCUT2D eigenvalue weighted by Gasteiger charge is 2.54. The van der Waals surface area contributed by atoms with Crippen LogP contribution in [0.4, 0.5) is 5.69 Å². The number of aromatic nitrogens is 2. The Bertz CT molecular complexity index is 1010. The molecule has 2 aromatic rings. The Morgan fingerprint density at radius 2 is 2.03 bits per heavy atom. The molecule has 4 saturated carbocycles. The van der Waals surface area contributed by atoms with E-state index in [1.807, 2.05) is 16.8 Å². The predicted octanol–water partition coefficient (Wildman–Crippen LogP) is 3.80. The molecule has 0 aromatic carbocycles. The summed E-state index contributed by atoms with van der Waals surface area (Å²) in [7, 11) is -1.13. The van der Waals surface area contributed by atoms with E-state index >= 15 is 0 Å². The van der Waals surface area contributed by atoms with E-state index in [4.69, 9.17) is 10.5 Å². The van der Waals surface area contributed by atoms with Gasteiger partial charge in [0.25, 0.3) is 5.91 Å². The fraction of sp³-hybridized carbons (Fsp3) is 0.667. The van der Waals surface area contributed by atoms with Gasteiger partial charge in [-0.05, 0) is 62.0 Å². The third-order valence-corrected chi connectivity index (χ3v) is 9.54. The lowest BCUT2D eigenvalue weighted by Gasteiger charge is -2.58. The maximum atomic E-state index is 12.3. The van der Waals surface area contributed by atoms with E-state index in [1.54, 1.807) is 6.20 Å². The van der Waals surface area contributed by atoms with Crippen molar-refractivity contribution in [2.45, 2.75) is 76.2 Å². The Morgan fingerprint density at radius 1 is 1.31 bits per heavy atom. The summed E-state index contributed by atoms with van der Waals surface area (Å²) >= 11 is 0. The number of nitrogens with zero attached hydrogens (tertiary/aromatic N) is 2. The monoisotopic (exact) mass is 456 g/mol. The van der Waals surface area contributed by atoms with Crippen molar-refractivity contribution < 1.29 is 14.6 Å². The zero-order valence-electron chi connectivity index (χ0n) is 19.4. The molecule has 8 heteroatoms. The summed E-state index contributed by atoms with van der Waals surface area (Å²) in [4.78, 5) is 16.8. The number of pyridine rings is 1. The first-order valence-electron chi connectivity index (χ1n) is 12.0. The van der Waals surface area contributed by atoms with Gasteiger partial charge in [0.05, 0.1) is 16.9 Å². The molecule has 2 aromatic heterocycles. The quantitative estimate of drug-likeness (QED) is 0.414. The fourth-order valence-corrected chi connectivity index (χ4v) is 7.27. The molecule has 32 heavy (non-hydrogen) atoms. The van der Waals surface area contributed by atoms with Crippen molar-refractivity contribution in [3.05, 3.63) is 24.0 Å². The van der Waals surface area contributed by atoms with Gasteiger partial charge >= 0.3 is 0 Å². The number of ether oxygens (including phenoxy) is 1. The SMILES string of the molecule is C[Si](C)(C)CCOCn1ccc2c(N[C@H]3[C@@H]4C[C@@H]5C[C@H]3C[C@@](O)(C5)C4)c(C(N)=O)cnc21. The van der Waals surface area contributed by atoms with Gasteiger partial charge in [0.1, 0.15) is 12.4 Å². The molecule has 7 nitrogen and oxygen atoms in total. The van der Waals surface area contributed by atoms with Crippen LogP contribution < -0.4 is 11.1 Å². The predicted molar refractivity (Wildman–Crippen MR) is 128 cm³/mol. The normalized spacial score (nSPS) is 31.4. The number of amides is 1. The van der Waals surface area contributed by atoms with Crippen molar-refractivity contribution in [3.8, 4) is 0 Å². The average Bonchev–Trinajstić information content (AvgIpc) is 3.09. The second-order valence-corrected chi connectivity index (χ2v) is 17.3. The van der Waals surface area contributed by atoms with Crippen molar-refractivity contribution >= 4 is 30.7 Å². The summed E-state index contributed by atoms with van der Waals surface area (Å²) in [5.74, 6) is 1.03. The highest BCUT2D eigenvalue weighted by molar-refractivity contribution is 6.76. The number of hydrogen-bond acceptors (Lipinski definition) is 5. The Hall–Kier alpha value is -1.90. The molecule has 0 radical (unpaired) electrons. The van der Waals surface area contributed by atoms with E-state index in [9.17, 15) is 9.90 Å². The minimum Gasteiger partial charge on any atom is -0.390 e. The molecule has 0 unspecified atom stereocenters. The topological polar surface area (TPSA) is 102 Å². The largest absolute Gasteiger partial charge is 0.390 e. The van der Waals surface area contributed by atoms with Crippen molar-refractivity contribution in [2.24, 2.45) is 23.5 Å². The van der Waals surface area contributed by atoms with Crippen LogP contribution in [0.25, 0.3) is 11.0 Å². The minimum atomic E-state index is -1.13. The molecule has 174 valence electrons. The standard InChI is InChI=1S/C24H36N4O3Si/c1-32(2,3)7-6-31-14-28-5-4-18-21(19(22(25)29)13-26-23(18)28)27-20-16-8-15-9-17(20)12-24(30,10-15)11-16/h4-5,13,15-17,20,30H,6-12,14H2,1-3H3,(H2,25,29)(H,26,27)/t15-,16-,17+,20+,24-. The van der Waals surface area contributed by atoms with Crippen molar-refractivity contribution in [1.29, 1.82) is 0 Å². The Balaban J connectivity index is 1.40. The van der Waals surface area contributed by atoms with Gasteiger partial charge in [0, 0.05) is 38.5 Å². The van der Waals surface area contributed by atoms with Gasteiger partial charge in [-0.25, -0.2) is 4.98 Å². The molecule has 1 amide bonds. The number of nitrogens with two attached hydrogens (primary N) is 1. The first-order valence-corrected chi connectivity index (χ1v) is 15.7. The third kappa shape index (κ3) is 4.08. The number of rotatable bonds is 8. The van der Waals surface area contributed by atoms with E-state index in [1.165, 1.54) is 0 Å². The number of aliphatic hydroxyl groups is 1. The van der Waals surface area contributed by atoms with Gasteiger partial charge in [0.2, 0.25) is 0 Å². The van der Waals surface area contributed by atoms with Gasteiger partial charge in [-0.3, -0.25) is 4.79 Å². The molecule has 0 spiro atoms. The van der Waals surface area contributed by atoms with Crippen LogP contribution in [0.15, 0.2) is 18.5 Å². The molecule has 0 saturated heterocycles. The van der Waals surface area contributed by atoms with Gasteiger partial charge in [-0.15, -0.1) is 0 Å². The van der Waals surface area contributed by atoms with Gasteiger partial charge < -0.3 is 25.5 Å². The van der Waals surface area contributed by atoms with Crippen molar-refractivity contribution in [2.75, 3.05) is 11.9 Å². The van der Waals surface area contributed by atoms with Crippen LogP contribution in [0, 0.1) is 17.8 Å². The number of fused-ring (bicyclic) bond motifs is 1. The number of nitrogens with one attached hydrogen (secondary N) is 1. The Labute approximate surface area is 190 Å². The molecular formula is C24H36N4O3Si. The molecule has 4 fully saturated rings. The number of carbonyl (C=O) groups excluding carboxylic acids is 1. The number of primary amides is 1. The van der Waals surface area contributed by atoms with Gasteiger partial charge in [0.15, 0.2) is 0 Å². The number of hydrogen-bond donors (Lipinski definition) is 3. The first kappa shape index (κ1) is 21.9. The summed E-state index contributed by atoms with van der Waals surface area (Å²) in [5.41, 5.74) is 7.27. The average molecular weight is 457 g/mol. The van der Waals surface area contributed by atoms with Crippen LogP contribution in [-0.4, -0.2) is 46.9 Å². The highest BCUT2D eigenvalue weighted by Crippen LogP contribution is 2.56. The first-order chi connectivity index (χ1) is 15.1. The molecule has 5 atom stereocenters. The summed E-state index contributed by atoms with van der Waals surface area (Å²) in [6.45, 7) is 8.22. The molecular weight excluding hydrogens is 420 g/mol. The minimum absolute atomic E-state index is 0.256. The Kier molecular flexibility index (Phi) is 5.38. The summed E-state index contributed by atoms with van der Waals surface area (Å²) in [6, 6.07) is 3.38. The summed E-state index contributed by atoms with van der Waals surface area (Å²) < 4.78 is 7.93. The molecule has 4 aliphatic carbocycles. The lowest BCUT2D eigenvalue weighted by Crippen LogP contribution is -2.59. The molecule has 2 heterocycles. The van der Waals surface area contributed by atoms with Gasteiger partial charge in [-0.2, -0.15) is 0 Å². The smallest absolute Gasteiger partial charge is 0.252 e. The van der Waals surface area contributed by atoms with E-state index in [2.05, 4.69) is 29.9 Å². The second kappa shape index (κ2) is 7.85. The number of carbonyl (C=O) groups is 1. The maximum Gasteiger partial charge on any atom is 0.252 e. The fourth-order valence-electron chi connectivity index (χ4n) is 6.51. The molecule has 4 aliphatic rings. The maximum absolute atomic E-state index is 12.3. The molecule has 4 bridgehead atoms. The van der Waals surface area contributed by atoms with E-state index in [-0.39, 0.29) is 6.04 Å². The van der Waals surface area contributed by atoms with Crippen LogP contribution in [-0.2, 0) is 11.5 Å². The van der Waals surface area contributed by atoms with Crippen molar-refractivity contribution in [3.63, 3.8) is 0 Å². The highest BCUT2D eigenvalue weighted by atomic mass is 28.3. The second-order valence-electron chi connectivity index (χ2n) is 11.6. The van der Waals surface area contributed by atoms with Crippen molar-refractivity contribution in [1.82, 2.24) is 9.55 Å². The van der Waals surface area contributed by atoms with Crippen LogP contribution >= 0.6 is 0 Å². The molecule has 4 N–H and O–H groups in total. The third-order valence-electron chi connectivity index (χ3n) is 7.83.